The molecule has 10 heteroatoms. The molecule has 0 aliphatic heterocycles. The van der Waals surface area contributed by atoms with E-state index in [1.807, 2.05) is 4.72 Å². The third-order valence-electron chi connectivity index (χ3n) is 2.20. The predicted octanol–water partition coefficient (Wildman–Crippen LogP) is 1.26. The number of anilines is 1. The van der Waals surface area contributed by atoms with Crippen LogP contribution in [0, 0.1) is 5.41 Å². The molecule has 0 atom stereocenters. The van der Waals surface area contributed by atoms with Crippen molar-refractivity contribution in [3.63, 3.8) is 0 Å². The van der Waals surface area contributed by atoms with Crippen molar-refractivity contribution >= 4 is 21.7 Å². The lowest BCUT2D eigenvalue weighted by Crippen LogP contribution is -2.30. The second-order valence-electron chi connectivity index (χ2n) is 3.78. The average molecular weight is 310 g/mol. The van der Waals surface area contributed by atoms with Crippen molar-refractivity contribution in [1.29, 1.82) is 5.41 Å². The largest absolute Gasteiger partial charge is 0.417 e. The zero-order valence-corrected chi connectivity index (χ0v) is 11.2. The normalized spacial score (nSPS) is 12.2. The van der Waals surface area contributed by atoms with Crippen molar-refractivity contribution in [2.24, 2.45) is 5.73 Å². The maximum Gasteiger partial charge on any atom is 0.417 e. The Kier molecular flexibility index (Phi) is 4.61. The Morgan fingerprint density at radius 3 is 2.45 bits per heavy atom. The minimum Gasteiger partial charge on any atom is -0.384 e. The van der Waals surface area contributed by atoms with Crippen LogP contribution in [0.25, 0.3) is 0 Å². The van der Waals surface area contributed by atoms with Crippen LogP contribution in [0.15, 0.2) is 18.2 Å². The lowest BCUT2D eigenvalue weighted by molar-refractivity contribution is -0.137. The van der Waals surface area contributed by atoms with Gasteiger partial charge in [0.1, 0.15) is 5.84 Å². The molecule has 1 aromatic carbocycles. The first-order valence-electron chi connectivity index (χ1n) is 5.40. The highest BCUT2D eigenvalue weighted by molar-refractivity contribution is 7.90. The molecule has 112 valence electrons. The second-order valence-corrected chi connectivity index (χ2v) is 5.27. The number of rotatable bonds is 5. The SMILES string of the molecule is CCNS(=O)(=O)Nc1ccc(C(=N)N)c(C(F)(F)F)c1. The van der Waals surface area contributed by atoms with Crippen LogP contribution in [0.5, 0.6) is 0 Å². The van der Waals surface area contributed by atoms with E-state index in [1.54, 1.807) is 0 Å². The summed E-state index contributed by atoms with van der Waals surface area (Å²) in [5.74, 6) is -0.751. The fraction of sp³-hybridized carbons (Fsp3) is 0.300. The third-order valence-corrected chi connectivity index (χ3v) is 3.37. The molecule has 1 aromatic rings. The van der Waals surface area contributed by atoms with Crippen LogP contribution in [-0.4, -0.2) is 20.8 Å². The van der Waals surface area contributed by atoms with Crippen molar-refractivity contribution in [3.8, 4) is 0 Å². The number of nitrogen functional groups attached to an aromatic ring is 1. The molecule has 0 amide bonds. The molecule has 1 rings (SSSR count). The molecule has 0 bridgehead atoms. The summed E-state index contributed by atoms with van der Waals surface area (Å²) in [6.45, 7) is 1.62. The summed E-state index contributed by atoms with van der Waals surface area (Å²) in [6, 6.07) is 2.63. The van der Waals surface area contributed by atoms with Crippen LogP contribution in [0.1, 0.15) is 18.1 Å². The van der Waals surface area contributed by atoms with Crippen molar-refractivity contribution in [2.45, 2.75) is 13.1 Å². The first-order valence-corrected chi connectivity index (χ1v) is 6.88. The number of halogens is 3. The Bertz CT molecular complexity index is 613. The molecule has 0 radical (unpaired) electrons. The van der Waals surface area contributed by atoms with Crippen molar-refractivity contribution in [1.82, 2.24) is 4.72 Å². The summed E-state index contributed by atoms with van der Waals surface area (Å²) in [7, 11) is -3.93. The first kappa shape index (κ1) is 16.2. The van der Waals surface area contributed by atoms with E-state index in [4.69, 9.17) is 11.1 Å². The van der Waals surface area contributed by atoms with E-state index in [9.17, 15) is 21.6 Å². The van der Waals surface area contributed by atoms with Gasteiger partial charge < -0.3 is 5.73 Å². The quantitative estimate of drug-likeness (QED) is 0.485. The molecule has 0 spiro atoms. The molecular weight excluding hydrogens is 297 g/mol. The molecule has 6 nitrogen and oxygen atoms in total. The standard InChI is InChI=1S/C10H13F3N4O2S/c1-2-16-20(18,19)17-6-3-4-7(9(14)15)8(5-6)10(11,12)13/h3-5,16-17H,2H2,1H3,(H3,14,15). The highest BCUT2D eigenvalue weighted by Crippen LogP contribution is 2.33. The first-order chi connectivity index (χ1) is 9.07. The van der Waals surface area contributed by atoms with E-state index < -0.39 is 33.3 Å². The van der Waals surface area contributed by atoms with Gasteiger partial charge in [0, 0.05) is 12.1 Å². The predicted molar refractivity (Wildman–Crippen MR) is 68.7 cm³/mol. The van der Waals surface area contributed by atoms with Crippen molar-refractivity contribution in [3.05, 3.63) is 29.3 Å². The number of hydrogen-bond donors (Lipinski definition) is 4. The van der Waals surface area contributed by atoms with Crippen LogP contribution in [-0.2, 0) is 16.4 Å². The van der Waals surface area contributed by atoms with Crippen LogP contribution < -0.4 is 15.2 Å². The van der Waals surface area contributed by atoms with Gasteiger partial charge in [0.05, 0.1) is 11.3 Å². The Morgan fingerprint density at radius 2 is 2.00 bits per heavy atom. The topological polar surface area (TPSA) is 108 Å². The Morgan fingerprint density at radius 1 is 1.40 bits per heavy atom. The van der Waals surface area contributed by atoms with E-state index in [2.05, 4.69) is 4.72 Å². The van der Waals surface area contributed by atoms with Gasteiger partial charge in [0.25, 0.3) is 10.2 Å². The maximum atomic E-state index is 12.8. The molecular formula is C10H13F3N4O2S. The van der Waals surface area contributed by atoms with Gasteiger partial charge >= 0.3 is 6.18 Å². The lowest BCUT2D eigenvalue weighted by Gasteiger charge is -2.14. The van der Waals surface area contributed by atoms with Gasteiger partial charge in [-0.1, -0.05) is 6.92 Å². The molecule has 0 fully saturated rings. The number of nitrogens with two attached hydrogens (primary N) is 1. The molecule has 0 unspecified atom stereocenters. The van der Waals surface area contributed by atoms with Gasteiger partial charge in [-0.25, -0.2) is 0 Å². The summed E-state index contributed by atoms with van der Waals surface area (Å²) in [4.78, 5) is 0. The molecule has 0 aliphatic carbocycles. The fourth-order valence-electron chi connectivity index (χ4n) is 1.46. The van der Waals surface area contributed by atoms with E-state index in [-0.39, 0.29) is 12.2 Å². The van der Waals surface area contributed by atoms with E-state index >= 15 is 0 Å². The molecule has 0 saturated carbocycles. The summed E-state index contributed by atoms with van der Waals surface area (Å²) in [6.07, 6.45) is -4.75. The zero-order valence-electron chi connectivity index (χ0n) is 10.4. The molecule has 0 heterocycles. The zero-order chi connectivity index (χ0) is 15.6. The number of hydrogen-bond acceptors (Lipinski definition) is 3. The van der Waals surface area contributed by atoms with Crippen LogP contribution in [0.3, 0.4) is 0 Å². The number of alkyl halides is 3. The molecule has 5 N–H and O–H groups in total. The van der Waals surface area contributed by atoms with Gasteiger partial charge in [-0.05, 0) is 18.2 Å². The fourth-order valence-corrected chi connectivity index (χ4v) is 2.35. The van der Waals surface area contributed by atoms with Crippen LogP contribution in [0.2, 0.25) is 0 Å². The Labute approximate surface area is 113 Å². The Hall–Kier alpha value is -1.81. The second kappa shape index (κ2) is 5.67. The minimum atomic E-state index is -4.75. The number of benzene rings is 1. The summed E-state index contributed by atoms with van der Waals surface area (Å²) >= 11 is 0. The highest BCUT2D eigenvalue weighted by atomic mass is 32.2. The molecule has 0 aromatic heterocycles. The summed E-state index contributed by atoms with van der Waals surface area (Å²) in [5.41, 5.74) is 3.10. The van der Waals surface area contributed by atoms with Gasteiger partial charge in [-0.15, -0.1) is 0 Å². The van der Waals surface area contributed by atoms with Crippen LogP contribution >= 0.6 is 0 Å². The van der Waals surface area contributed by atoms with Gasteiger partial charge in [0.2, 0.25) is 0 Å². The summed E-state index contributed by atoms with van der Waals surface area (Å²) < 4.78 is 65.3. The van der Waals surface area contributed by atoms with Crippen molar-refractivity contribution < 1.29 is 21.6 Å². The molecule has 20 heavy (non-hydrogen) atoms. The van der Waals surface area contributed by atoms with E-state index in [1.165, 1.54) is 6.92 Å². The number of nitrogens with one attached hydrogen (secondary N) is 3. The Balaban J connectivity index is 3.24. The van der Waals surface area contributed by atoms with Gasteiger partial charge in [-0.3, -0.25) is 10.1 Å². The maximum absolute atomic E-state index is 12.8. The molecule has 0 saturated heterocycles. The van der Waals surface area contributed by atoms with Gasteiger partial charge in [0.15, 0.2) is 0 Å². The average Bonchev–Trinajstić information content (AvgIpc) is 2.26. The monoisotopic (exact) mass is 310 g/mol. The van der Waals surface area contributed by atoms with Crippen LogP contribution in [0.4, 0.5) is 18.9 Å². The molecule has 0 aliphatic rings. The third kappa shape index (κ3) is 4.10. The van der Waals surface area contributed by atoms with E-state index in [0.29, 0.717) is 6.07 Å². The smallest absolute Gasteiger partial charge is 0.384 e. The van der Waals surface area contributed by atoms with E-state index in [0.717, 1.165) is 12.1 Å². The lowest BCUT2D eigenvalue weighted by atomic mass is 10.1. The summed E-state index contributed by atoms with van der Waals surface area (Å²) in [5, 5.41) is 7.10. The number of amidine groups is 1. The van der Waals surface area contributed by atoms with Gasteiger partial charge in [-0.2, -0.15) is 26.3 Å². The highest BCUT2D eigenvalue weighted by Gasteiger charge is 2.34. The minimum absolute atomic E-state index is 0.0903. The van der Waals surface area contributed by atoms with Crippen molar-refractivity contribution in [2.75, 3.05) is 11.3 Å².